The molecule has 3 rings (SSSR count). The summed E-state index contributed by atoms with van der Waals surface area (Å²) >= 11 is 0. The van der Waals surface area contributed by atoms with E-state index in [-0.39, 0.29) is 5.60 Å². The molecule has 15 heavy (non-hydrogen) atoms. The van der Waals surface area contributed by atoms with E-state index in [2.05, 4.69) is 0 Å². The predicted molar refractivity (Wildman–Crippen MR) is 57.7 cm³/mol. The van der Waals surface area contributed by atoms with E-state index in [9.17, 15) is 4.79 Å². The van der Waals surface area contributed by atoms with Crippen LogP contribution in [0.15, 0.2) is 0 Å². The van der Waals surface area contributed by atoms with Crippen LogP contribution in [0.3, 0.4) is 0 Å². The summed E-state index contributed by atoms with van der Waals surface area (Å²) in [5.74, 6) is 1.18. The Kier molecular flexibility index (Phi) is 2.35. The van der Waals surface area contributed by atoms with E-state index < -0.39 is 0 Å². The van der Waals surface area contributed by atoms with Crippen LogP contribution in [0.5, 0.6) is 0 Å². The highest BCUT2D eigenvalue weighted by Gasteiger charge is 2.63. The Hall–Kier alpha value is -0.370. The van der Waals surface area contributed by atoms with Gasteiger partial charge in [-0.25, -0.2) is 0 Å². The maximum atomic E-state index is 11.9. The van der Waals surface area contributed by atoms with Gasteiger partial charge in [0.2, 0.25) is 0 Å². The van der Waals surface area contributed by atoms with Crippen molar-refractivity contribution < 1.29 is 9.53 Å². The van der Waals surface area contributed by atoms with Crippen LogP contribution in [-0.4, -0.2) is 17.5 Å². The highest BCUT2D eigenvalue weighted by atomic mass is 16.6. The van der Waals surface area contributed by atoms with E-state index >= 15 is 0 Å². The molecule has 2 saturated carbocycles. The van der Waals surface area contributed by atoms with Gasteiger partial charge in [-0.15, -0.1) is 0 Å². The molecular weight excluding hydrogens is 188 g/mol. The molecule has 1 aliphatic heterocycles. The number of hydrogen-bond donors (Lipinski definition) is 0. The van der Waals surface area contributed by atoms with Gasteiger partial charge in [-0.1, -0.05) is 32.1 Å². The zero-order valence-electron chi connectivity index (χ0n) is 9.34. The van der Waals surface area contributed by atoms with Gasteiger partial charge in [0.1, 0.15) is 0 Å². The molecule has 1 heterocycles. The Morgan fingerprint density at radius 2 is 1.93 bits per heavy atom. The van der Waals surface area contributed by atoms with Crippen molar-refractivity contribution in [2.24, 2.45) is 5.92 Å². The van der Waals surface area contributed by atoms with Gasteiger partial charge in [-0.3, -0.25) is 4.79 Å². The Morgan fingerprint density at radius 1 is 1.13 bits per heavy atom. The number of carbonyl (C=O) groups excluding carboxylic acids is 1. The highest BCUT2D eigenvalue weighted by Crippen LogP contribution is 2.50. The molecule has 0 N–H and O–H groups in total. The second kappa shape index (κ2) is 3.58. The minimum Gasteiger partial charge on any atom is -0.358 e. The van der Waals surface area contributed by atoms with Crippen LogP contribution < -0.4 is 0 Å². The monoisotopic (exact) mass is 208 g/mol. The van der Waals surface area contributed by atoms with Crippen molar-refractivity contribution in [2.75, 3.05) is 0 Å². The first kappa shape index (κ1) is 9.83. The Morgan fingerprint density at radius 3 is 2.67 bits per heavy atom. The quantitative estimate of drug-likeness (QED) is 0.653. The first-order valence-corrected chi connectivity index (χ1v) is 6.52. The van der Waals surface area contributed by atoms with Gasteiger partial charge in [0.05, 0.1) is 6.10 Å². The molecule has 2 aliphatic carbocycles. The molecule has 3 fully saturated rings. The van der Waals surface area contributed by atoms with E-state index in [4.69, 9.17) is 4.74 Å². The van der Waals surface area contributed by atoms with Crippen LogP contribution in [0.2, 0.25) is 0 Å². The summed E-state index contributed by atoms with van der Waals surface area (Å²) < 4.78 is 5.73. The molecular formula is C13H20O2. The molecule has 0 aromatic heterocycles. The topological polar surface area (TPSA) is 29.6 Å². The lowest BCUT2D eigenvalue weighted by Crippen LogP contribution is -2.33. The largest absolute Gasteiger partial charge is 0.358 e. The summed E-state index contributed by atoms with van der Waals surface area (Å²) in [5, 5.41) is 0. The van der Waals surface area contributed by atoms with E-state index in [0.29, 0.717) is 11.9 Å². The average molecular weight is 208 g/mol. The highest BCUT2D eigenvalue weighted by molar-refractivity contribution is 5.91. The third-order valence-electron chi connectivity index (χ3n) is 4.47. The first-order chi connectivity index (χ1) is 7.31. The van der Waals surface area contributed by atoms with Gasteiger partial charge in [0, 0.05) is 6.42 Å². The molecule has 0 aromatic carbocycles. The second-order valence-electron chi connectivity index (χ2n) is 5.52. The number of fused-ring (bicyclic) bond motifs is 1. The first-order valence-electron chi connectivity index (χ1n) is 6.52. The second-order valence-corrected chi connectivity index (χ2v) is 5.52. The van der Waals surface area contributed by atoms with Crippen LogP contribution in [0.1, 0.15) is 57.8 Å². The summed E-state index contributed by atoms with van der Waals surface area (Å²) in [6.07, 6.45) is 11.0. The molecule has 0 spiro atoms. The molecule has 0 amide bonds. The number of ether oxygens (including phenoxy) is 1. The third-order valence-corrected chi connectivity index (χ3v) is 4.47. The van der Waals surface area contributed by atoms with Crippen molar-refractivity contribution in [2.45, 2.75) is 69.5 Å². The lowest BCUT2D eigenvalue weighted by atomic mass is 9.77. The maximum absolute atomic E-state index is 11.9. The van der Waals surface area contributed by atoms with Gasteiger partial charge in [-0.05, 0) is 25.2 Å². The van der Waals surface area contributed by atoms with Crippen molar-refractivity contribution in [1.29, 1.82) is 0 Å². The zero-order valence-corrected chi connectivity index (χ0v) is 9.34. The van der Waals surface area contributed by atoms with E-state index in [1.165, 1.54) is 32.1 Å². The van der Waals surface area contributed by atoms with Crippen LogP contribution >= 0.6 is 0 Å². The smallest absolute Gasteiger partial charge is 0.167 e. The number of hydrogen-bond acceptors (Lipinski definition) is 2. The fraction of sp³-hybridized carbons (Fsp3) is 0.923. The number of Topliss-reactive ketones (excluding diaryl/α,β-unsaturated/α-hetero) is 1. The molecule has 2 atom stereocenters. The summed E-state index contributed by atoms with van der Waals surface area (Å²) in [6.45, 7) is 0. The fourth-order valence-electron chi connectivity index (χ4n) is 3.53. The van der Waals surface area contributed by atoms with Crippen molar-refractivity contribution in [3.63, 3.8) is 0 Å². The van der Waals surface area contributed by atoms with Crippen molar-refractivity contribution in [3.05, 3.63) is 0 Å². The fourth-order valence-corrected chi connectivity index (χ4v) is 3.53. The summed E-state index contributed by atoms with van der Waals surface area (Å²) in [6, 6.07) is 0. The van der Waals surface area contributed by atoms with Gasteiger partial charge in [-0.2, -0.15) is 0 Å². The summed E-state index contributed by atoms with van der Waals surface area (Å²) in [7, 11) is 0. The SMILES string of the molecule is O=C1CCCC2OC12CC1CCCCC1. The summed E-state index contributed by atoms with van der Waals surface area (Å²) in [4.78, 5) is 11.9. The van der Waals surface area contributed by atoms with Gasteiger partial charge in [0.25, 0.3) is 0 Å². The van der Waals surface area contributed by atoms with Gasteiger partial charge in [0.15, 0.2) is 11.4 Å². The minimum absolute atomic E-state index is 0.278. The number of carbonyl (C=O) groups is 1. The Bertz CT molecular complexity index is 268. The molecule has 2 heteroatoms. The molecule has 1 saturated heterocycles. The van der Waals surface area contributed by atoms with Crippen LogP contribution in [0.4, 0.5) is 0 Å². The molecule has 2 unspecified atom stereocenters. The molecule has 0 bridgehead atoms. The average Bonchev–Trinajstić information content (AvgIpc) is 2.95. The minimum atomic E-state index is -0.278. The maximum Gasteiger partial charge on any atom is 0.167 e. The van der Waals surface area contributed by atoms with E-state index in [1.807, 2.05) is 0 Å². The molecule has 0 aromatic rings. The third kappa shape index (κ3) is 1.63. The molecule has 84 valence electrons. The van der Waals surface area contributed by atoms with Crippen LogP contribution in [0.25, 0.3) is 0 Å². The van der Waals surface area contributed by atoms with Crippen LogP contribution in [0, 0.1) is 5.92 Å². The Balaban J connectivity index is 1.64. The molecule has 2 nitrogen and oxygen atoms in total. The number of epoxide rings is 1. The lowest BCUT2D eigenvalue weighted by Gasteiger charge is -2.25. The zero-order chi connectivity index (χ0) is 10.3. The number of rotatable bonds is 2. The van der Waals surface area contributed by atoms with Gasteiger partial charge >= 0.3 is 0 Å². The predicted octanol–water partition coefficient (Wildman–Crippen LogP) is 2.85. The van der Waals surface area contributed by atoms with Crippen molar-refractivity contribution in [1.82, 2.24) is 0 Å². The van der Waals surface area contributed by atoms with Crippen LogP contribution in [-0.2, 0) is 9.53 Å². The van der Waals surface area contributed by atoms with Gasteiger partial charge < -0.3 is 4.74 Å². The number of ketones is 1. The summed E-state index contributed by atoms with van der Waals surface area (Å²) in [5.41, 5.74) is -0.278. The van der Waals surface area contributed by atoms with E-state index in [1.54, 1.807) is 0 Å². The standard InChI is InChI=1S/C13H20O2/c14-11-7-4-8-12-13(11,15-12)9-10-5-2-1-3-6-10/h10,12H,1-9H2. The Labute approximate surface area is 91.4 Å². The van der Waals surface area contributed by atoms with Crippen molar-refractivity contribution >= 4 is 5.78 Å². The normalized spacial score (nSPS) is 41.3. The lowest BCUT2D eigenvalue weighted by molar-refractivity contribution is -0.125. The molecule has 0 radical (unpaired) electrons. The van der Waals surface area contributed by atoms with E-state index in [0.717, 1.165) is 31.6 Å². The van der Waals surface area contributed by atoms with Crippen molar-refractivity contribution in [3.8, 4) is 0 Å². The molecule has 3 aliphatic rings.